The molecule has 0 saturated heterocycles. The Morgan fingerprint density at radius 2 is 1.88 bits per heavy atom. The van der Waals surface area contributed by atoms with Gasteiger partial charge in [-0.25, -0.2) is 0 Å². The van der Waals surface area contributed by atoms with Gasteiger partial charge in [0.1, 0.15) is 0 Å². The molecule has 0 radical (unpaired) electrons. The fraction of sp³-hybridized carbons (Fsp3) is 0.800. The number of allylic oxidation sites excluding steroid dienone is 4. The summed E-state index contributed by atoms with van der Waals surface area (Å²) in [4.78, 5) is 0. The highest BCUT2D eigenvalue weighted by Crippen LogP contribution is 2.85. The van der Waals surface area contributed by atoms with E-state index in [-0.39, 0.29) is 23.5 Å². The van der Waals surface area contributed by atoms with Crippen LogP contribution in [0.25, 0.3) is 0 Å². The maximum absolute atomic E-state index is 10.8. The van der Waals surface area contributed by atoms with Crippen LogP contribution in [0.3, 0.4) is 0 Å². The van der Waals surface area contributed by atoms with E-state index in [1.165, 1.54) is 56.1 Å². The second-order valence-electron chi connectivity index (χ2n) is 13.9. The van der Waals surface area contributed by atoms with Gasteiger partial charge in [-0.05, 0) is 97.7 Å². The lowest BCUT2D eigenvalue weighted by Gasteiger charge is -2.56. The zero-order valence-electron chi connectivity index (χ0n) is 21.4. The normalized spacial score (nSPS) is 47.0. The lowest BCUT2D eigenvalue weighted by molar-refractivity contribution is -0.0839. The van der Waals surface area contributed by atoms with Crippen molar-refractivity contribution in [3.63, 3.8) is 0 Å². The van der Waals surface area contributed by atoms with E-state index in [4.69, 9.17) is 0 Å². The molecule has 0 heterocycles. The van der Waals surface area contributed by atoms with Gasteiger partial charge in [0.2, 0.25) is 0 Å². The maximum atomic E-state index is 10.8. The molecule has 0 amide bonds. The predicted octanol–water partition coefficient (Wildman–Crippen LogP) is 6.84. The average molecular weight is 439 g/mol. The van der Waals surface area contributed by atoms with Crippen LogP contribution in [-0.4, -0.2) is 22.9 Å². The van der Waals surface area contributed by atoms with Gasteiger partial charge in [0, 0.05) is 5.41 Å². The highest BCUT2D eigenvalue weighted by atomic mass is 16.3. The molecule has 2 nitrogen and oxygen atoms in total. The molecule has 7 unspecified atom stereocenters. The third-order valence-corrected chi connectivity index (χ3v) is 12.0. The van der Waals surface area contributed by atoms with Gasteiger partial charge < -0.3 is 10.2 Å². The van der Waals surface area contributed by atoms with Gasteiger partial charge in [0.25, 0.3) is 0 Å². The van der Waals surface area contributed by atoms with Crippen LogP contribution in [0.4, 0.5) is 0 Å². The van der Waals surface area contributed by atoms with E-state index in [0.29, 0.717) is 34.0 Å². The van der Waals surface area contributed by atoms with Crippen LogP contribution in [0.1, 0.15) is 92.9 Å². The molecule has 7 atom stereocenters. The Morgan fingerprint density at radius 3 is 2.56 bits per heavy atom. The van der Waals surface area contributed by atoms with Crippen molar-refractivity contribution in [3.8, 4) is 0 Å². The Morgan fingerprint density at radius 1 is 1.16 bits per heavy atom. The summed E-state index contributed by atoms with van der Waals surface area (Å²) in [7, 11) is 0. The van der Waals surface area contributed by atoms with Gasteiger partial charge in [-0.15, -0.1) is 0 Å². The lowest BCUT2D eigenvalue weighted by atomic mass is 9.49. The second kappa shape index (κ2) is 6.85. The quantitative estimate of drug-likeness (QED) is 0.373. The van der Waals surface area contributed by atoms with Crippen LogP contribution >= 0.6 is 0 Å². The van der Waals surface area contributed by atoms with E-state index < -0.39 is 0 Å². The molecule has 4 fully saturated rings. The minimum absolute atomic E-state index is 0.0405. The molecule has 178 valence electrons. The molecular weight excluding hydrogens is 392 g/mol. The molecule has 2 N–H and O–H groups in total. The van der Waals surface area contributed by atoms with Gasteiger partial charge in [-0.3, -0.25) is 0 Å². The zero-order valence-corrected chi connectivity index (χ0v) is 21.4. The van der Waals surface area contributed by atoms with Crippen molar-refractivity contribution in [1.82, 2.24) is 0 Å². The minimum atomic E-state index is -0.182. The summed E-state index contributed by atoms with van der Waals surface area (Å²) in [5, 5.41) is 20.6. The van der Waals surface area contributed by atoms with Crippen molar-refractivity contribution >= 4 is 0 Å². The molecule has 32 heavy (non-hydrogen) atoms. The lowest BCUT2D eigenvalue weighted by Crippen LogP contribution is -2.51. The third-order valence-electron chi connectivity index (χ3n) is 12.0. The first-order valence-corrected chi connectivity index (χ1v) is 13.2. The molecule has 2 heteroatoms. The Labute approximate surface area is 196 Å². The standard InChI is InChI=1S/C30H46O2/c1-19(16-20(2)26(3,4)18-31)21-8-9-22-23-10-11-24-27(5,6)25(32)12-13-30(24)17-29(23,30)15-14-28(21,22)7/h10,16,21-22,24-25,31-32H,1,8-9,11-15,17-18H2,2-7H3. The highest BCUT2D eigenvalue weighted by molar-refractivity contribution is 5.44. The predicted molar refractivity (Wildman–Crippen MR) is 132 cm³/mol. The molecule has 5 aliphatic rings. The molecule has 0 aromatic heterocycles. The Balaban J connectivity index is 1.44. The van der Waals surface area contributed by atoms with Gasteiger partial charge in [-0.2, -0.15) is 0 Å². The molecule has 2 spiro atoms. The summed E-state index contributed by atoms with van der Waals surface area (Å²) in [6.45, 7) is 18.4. The maximum Gasteiger partial charge on any atom is 0.0594 e. The zero-order chi connectivity index (χ0) is 23.3. The summed E-state index contributed by atoms with van der Waals surface area (Å²) >= 11 is 0. The Hall–Kier alpha value is -0.860. The number of hydrogen-bond donors (Lipinski definition) is 2. The van der Waals surface area contributed by atoms with E-state index in [0.717, 1.165) is 6.42 Å². The topological polar surface area (TPSA) is 40.5 Å². The largest absolute Gasteiger partial charge is 0.395 e. The molecule has 0 aromatic rings. The molecule has 5 rings (SSSR count). The fourth-order valence-corrected chi connectivity index (χ4v) is 9.37. The van der Waals surface area contributed by atoms with Crippen molar-refractivity contribution in [2.24, 2.45) is 44.8 Å². The van der Waals surface area contributed by atoms with Crippen molar-refractivity contribution in [3.05, 3.63) is 35.5 Å². The van der Waals surface area contributed by atoms with Gasteiger partial charge in [0.05, 0.1) is 12.7 Å². The first-order valence-electron chi connectivity index (χ1n) is 13.2. The smallest absolute Gasteiger partial charge is 0.0594 e. The van der Waals surface area contributed by atoms with E-state index in [2.05, 4.69) is 60.3 Å². The van der Waals surface area contributed by atoms with Crippen LogP contribution in [-0.2, 0) is 0 Å². The molecule has 5 aliphatic carbocycles. The number of rotatable bonds is 4. The number of fused-ring (bicyclic) bond motifs is 2. The van der Waals surface area contributed by atoms with Crippen molar-refractivity contribution in [2.75, 3.05) is 6.61 Å². The molecule has 4 saturated carbocycles. The summed E-state index contributed by atoms with van der Waals surface area (Å²) in [5.74, 6) is 1.89. The van der Waals surface area contributed by atoms with Crippen LogP contribution in [0.15, 0.2) is 35.5 Å². The highest BCUT2D eigenvalue weighted by Gasteiger charge is 2.78. The minimum Gasteiger partial charge on any atom is -0.395 e. The number of aliphatic hydroxyl groups excluding tert-OH is 2. The van der Waals surface area contributed by atoms with E-state index in [9.17, 15) is 10.2 Å². The average Bonchev–Trinajstić information content (AvgIpc) is 3.27. The summed E-state index contributed by atoms with van der Waals surface area (Å²) in [5.41, 5.74) is 5.43. The summed E-state index contributed by atoms with van der Waals surface area (Å²) in [6, 6.07) is 0. The van der Waals surface area contributed by atoms with Gasteiger partial charge in [-0.1, -0.05) is 70.1 Å². The van der Waals surface area contributed by atoms with E-state index in [1.54, 1.807) is 0 Å². The monoisotopic (exact) mass is 438 g/mol. The number of hydrogen-bond acceptors (Lipinski definition) is 2. The molecule has 0 aliphatic heterocycles. The van der Waals surface area contributed by atoms with Gasteiger partial charge >= 0.3 is 0 Å². The Kier molecular flexibility index (Phi) is 4.90. The molecular formula is C30H46O2. The molecule has 0 aromatic carbocycles. The fourth-order valence-electron chi connectivity index (χ4n) is 9.37. The summed E-state index contributed by atoms with van der Waals surface area (Å²) in [6.07, 6.45) is 14.8. The first kappa shape index (κ1) is 22.9. The first-order chi connectivity index (χ1) is 14.9. The number of aliphatic hydroxyl groups is 2. The van der Waals surface area contributed by atoms with Crippen LogP contribution in [0, 0.1) is 44.8 Å². The van der Waals surface area contributed by atoms with Crippen molar-refractivity contribution < 1.29 is 10.2 Å². The molecule has 0 bridgehead atoms. The van der Waals surface area contributed by atoms with Crippen LogP contribution in [0.5, 0.6) is 0 Å². The van der Waals surface area contributed by atoms with E-state index >= 15 is 0 Å². The second-order valence-corrected chi connectivity index (χ2v) is 13.9. The SMILES string of the molecule is C=C(C=C(C)C(C)(C)CO)C1CCC2C3=CCC4C(C)(C)C(O)CCC45CC35CCC12C. The summed E-state index contributed by atoms with van der Waals surface area (Å²) < 4.78 is 0. The van der Waals surface area contributed by atoms with Crippen molar-refractivity contribution in [1.29, 1.82) is 0 Å². The van der Waals surface area contributed by atoms with E-state index in [1.807, 2.05) is 5.57 Å². The van der Waals surface area contributed by atoms with Crippen LogP contribution in [0.2, 0.25) is 0 Å². The third kappa shape index (κ3) is 2.72. The van der Waals surface area contributed by atoms with Crippen molar-refractivity contribution in [2.45, 2.75) is 99.0 Å². The Bertz CT molecular complexity index is 891. The van der Waals surface area contributed by atoms with Crippen LogP contribution < -0.4 is 0 Å². The van der Waals surface area contributed by atoms with Gasteiger partial charge in [0.15, 0.2) is 0 Å².